The van der Waals surface area contributed by atoms with Crippen molar-refractivity contribution in [1.29, 1.82) is 0 Å². The molecular formula is C10H18N2O2. The van der Waals surface area contributed by atoms with Crippen molar-refractivity contribution >= 4 is 5.91 Å². The Bertz CT molecular complexity index is 218. The maximum Gasteiger partial charge on any atom is 0.228 e. The van der Waals surface area contributed by atoms with Gasteiger partial charge >= 0.3 is 0 Å². The van der Waals surface area contributed by atoms with E-state index < -0.39 is 0 Å². The van der Waals surface area contributed by atoms with E-state index in [1.54, 1.807) is 0 Å². The van der Waals surface area contributed by atoms with Crippen LogP contribution in [0.3, 0.4) is 0 Å². The molecule has 2 heterocycles. The van der Waals surface area contributed by atoms with Gasteiger partial charge in [0.15, 0.2) is 0 Å². The van der Waals surface area contributed by atoms with Gasteiger partial charge in [-0.05, 0) is 12.3 Å². The van der Waals surface area contributed by atoms with Crippen molar-refractivity contribution < 1.29 is 9.90 Å². The number of nitrogens with zero attached hydrogens (tertiary/aromatic N) is 1. The van der Waals surface area contributed by atoms with Crippen LogP contribution < -0.4 is 5.32 Å². The molecule has 2 aliphatic heterocycles. The highest BCUT2D eigenvalue weighted by Crippen LogP contribution is 2.19. The van der Waals surface area contributed by atoms with Crippen LogP contribution in [0.15, 0.2) is 0 Å². The molecule has 2 aliphatic rings. The molecule has 1 amide bonds. The van der Waals surface area contributed by atoms with E-state index in [-0.39, 0.29) is 17.9 Å². The summed E-state index contributed by atoms with van der Waals surface area (Å²) in [6.07, 6.45) is 0.503. The molecular weight excluding hydrogens is 180 g/mol. The van der Waals surface area contributed by atoms with Gasteiger partial charge in [-0.25, -0.2) is 0 Å². The number of rotatable bonds is 1. The number of amides is 1. The summed E-state index contributed by atoms with van der Waals surface area (Å²) in [6.45, 7) is 5.04. The van der Waals surface area contributed by atoms with Gasteiger partial charge in [0.25, 0.3) is 0 Å². The molecule has 2 N–H and O–H groups in total. The minimum atomic E-state index is -0.323. The molecule has 0 aromatic heterocycles. The lowest BCUT2D eigenvalue weighted by Crippen LogP contribution is -2.55. The number of hydrogen-bond donors (Lipinski definition) is 2. The SMILES string of the molecule is CC1CC(O)CN(C(=O)C2CNC2)C1. The van der Waals surface area contributed by atoms with E-state index in [2.05, 4.69) is 12.2 Å². The predicted octanol–water partition coefficient (Wildman–Crippen LogP) is -0.565. The normalized spacial score (nSPS) is 34.0. The van der Waals surface area contributed by atoms with E-state index in [4.69, 9.17) is 0 Å². The molecule has 14 heavy (non-hydrogen) atoms. The number of aliphatic hydroxyl groups is 1. The molecule has 0 aromatic rings. The first-order valence-electron chi connectivity index (χ1n) is 5.34. The van der Waals surface area contributed by atoms with Crippen LogP contribution in [-0.2, 0) is 4.79 Å². The van der Waals surface area contributed by atoms with Gasteiger partial charge in [0.1, 0.15) is 0 Å². The first kappa shape index (κ1) is 9.93. The maximum absolute atomic E-state index is 11.8. The molecule has 4 nitrogen and oxygen atoms in total. The topological polar surface area (TPSA) is 52.6 Å². The fourth-order valence-corrected chi connectivity index (χ4v) is 2.22. The second kappa shape index (κ2) is 3.87. The van der Waals surface area contributed by atoms with Crippen LogP contribution in [0.5, 0.6) is 0 Å². The third-order valence-corrected chi connectivity index (χ3v) is 3.08. The quantitative estimate of drug-likeness (QED) is 0.593. The molecule has 0 radical (unpaired) electrons. The molecule has 0 saturated carbocycles. The van der Waals surface area contributed by atoms with Crippen LogP contribution in [0.1, 0.15) is 13.3 Å². The zero-order valence-electron chi connectivity index (χ0n) is 8.57. The van der Waals surface area contributed by atoms with Gasteiger partial charge in [0.2, 0.25) is 5.91 Å². The van der Waals surface area contributed by atoms with Gasteiger partial charge in [-0.2, -0.15) is 0 Å². The summed E-state index contributed by atoms with van der Waals surface area (Å²) in [6, 6.07) is 0. The van der Waals surface area contributed by atoms with E-state index in [1.807, 2.05) is 4.90 Å². The second-order valence-corrected chi connectivity index (χ2v) is 4.59. The highest BCUT2D eigenvalue weighted by atomic mass is 16.3. The molecule has 2 unspecified atom stereocenters. The van der Waals surface area contributed by atoms with Crippen molar-refractivity contribution in [2.75, 3.05) is 26.2 Å². The van der Waals surface area contributed by atoms with Crippen molar-refractivity contribution in [3.05, 3.63) is 0 Å². The van der Waals surface area contributed by atoms with Crippen LogP contribution in [0.25, 0.3) is 0 Å². The number of aliphatic hydroxyl groups excluding tert-OH is 1. The van der Waals surface area contributed by atoms with Crippen LogP contribution >= 0.6 is 0 Å². The number of piperidine rings is 1. The van der Waals surface area contributed by atoms with Crippen LogP contribution in [-0.4, -0.2) is 48.2 Å². The van der Waals surface area contributed by atoms with Crippen molar-refractivity contribution in [2.45, 2.75) is 19.4 Å². The van der Waals surface area contributed by atoms with Crippen LogP contribution in [0, 0.1) is 11.8 Å². The summed E-state index contributed by atoms with van der Waals surface area (Å²) in [7, 11) is 0. The van der Waals surface area contributed by atoms with Gasteiger partial charge < -0.3 is 15.3 Å². The van der Waals surface area contributed by atoms with E-state index >= 15 is 0 Å². The summed E-state index contributed by atoms with van der Waals surface area (Å²) in [5.41, 5.74) is 0. The third kappa shape index (κ3) is 1.91. The van der Waals surface area contributed by atoms with Crippen molar-refractivity contribution in [2.24, 2.45) is 11.8 Å². The van der Waals surface area contributed by atoms with E-state index in [0.717, 1.165) is 26.1 Å². The molecule has 0 spiro atoms. The first-order chi connectivity index (χ1) is 6.66. The molecule has 2 rings (SSSR count). The Kier molecular flexibility index (Phi) is 2.74. The largest absolute Gasteiger partial charge is 0.391 e. The van der Waals surface area contributed by atoms with E-state index in [9.17, 15) is 9.90 Å². The highest BCUT2D eigenvalue weighted by Gasteiger charge is 2.33. The molecule has 2 saturated heterocycles. The fourth-order valence-electron chi connectivity index (χ4n) is 2.22. The minimum absolute atomic E-state index is 0.160. The van der Waals surface area contributed by atoms with E-state index in [0.29, 0.717) is 12.5 Å². The summed E-state index contributed by atoms with van der Waals surface area (Å²) in [5, 5.41) is 12.7. The molecule has 0 aliphatic carbocycles. The van der Waals surface area contributed by atoms with Gasteiger partial charge in [-0.1, -0.05) is 6.92 Å². The maximum atomic E-state index is 11.8. The number of nitrogens with one attached hydrogen (secondary N) is 1. The van der Waals surface area contributed by atoms with Gasteiger partial charge in [0, 0.05) is 26.2 Å². The van der Waals surface area contributed by atoms with Crippen molar-refractivity contribution in [3.8, 4) is 0 Å². The Labute approximate surface area is 84.3 Å². The summed E-state index contributed by atoms with van der Waals surface area (Å²) >= 11 is 0. The zero-order valence-corrected chi connectivity index (χ0v) is 8.57. The lowest BCUT2D eigenvalue weighted by atomic mass is 9.95. The highest BCUT2D eigenvalue weighted by molar-refractivity contribution is 5.80. The number of carbonyl (C=O) groups excluding carboxylic acids is 1. The Morgan fingerprint density at radius 3 is 2.64 bits per heavy atom. The van der Waals surface area contributed by atoms with Crippen molar-refractivity contribution in [1.82, 2.24) is 10.2 Å². The number of likely N-dealkylation sites (tertiary alicyclic amines) is 1. The van der Waals surface area contributed by atoms with Gasteiger partial charge in [-0.3, -0.25) is 4.79 Å². The lowest BCUT2D eigenvalue weighted by molar-refractivity contribution is -0.141. The lowest BCUT2D eigenvalue weighted by Gasteiger charge is -2.38. The monoisotopic (exact) mass is 198 g/mol. The Morgan fingerprint density at radius 1 is 1.43 bits per heavy atom. The Morgan fingerprint density at radius 2 is 2.14 bits per heavy atom. The number of hydrogen-bond acceptors (Lipinski definition) is 3. The third-order valence-electron chi connectivity index (χ3n) is 3.08. The van der Waals surface area contributed by atoms with E-state index in [1.165, 1.54) is 0 Å². The molecule has 4 heteroatoms. The second-order valence-electron chi connectivity index (χ2n) is 4.59. The standard InChI is InChI=1S/C10H18N2O2/c1-7-2-9(13)6-12(5-7)10(14)8-3-11-4-8/h7-9,11,13H,2-6H2,1H3. The summed E-state index contributed by atoms with van der Waals surface area (Å²) < 4.78 is 0. The minimum Gasteiger partial charge on any atom is -0.391 e. The predicted molar refractivity (Wildman–Crippen MR) is 52.7 cm³/mol. The molecule has 0 bridgehead atoms. The van der Waals surface area contributed by atoms with Crippen LogP contribution in [0.4, 0.5) is 0 Å². The molecule has 2 fully saturated rings. The van der Waals surface area contributed by atoms with Gasteiger partial charge in [0.05, 0.1) is 12.0 Å². The fraction of sp³-hybridized carbons (Fsp3) is 0.900. The molecule has 0 aromatic carbocycles. The average Bonchev–Trinajstić information content (AvgIpc) is 1.98. The van der Waals surface area contributed by atoms with Gasteiger partial charge in [-0.15, -0.1) is 0 Å². The summed E-state index contributed by atoms with van der Waals surface area (Å²) in [5.74, 6) is 0.803. The van der Waals surface area contributed by atoms with Crippen LogP contribution in [0.2, 0.25) is 0 Å². The molecule has 2 atom stereocenters. The zero-order chi connectivity index (χ0) is 10.1. The Hall–Kier alpha value is -0.610. The van der Waals surface area contributed by atoms with Crippen molar-refractivity contribution in [3.63, 3.8) is 0 Å². The first-order valence-corrected chi connectivity index (χ1v) is 5.34. The summed E-state index contributed by atoms with van der Waals surface area (Å²) in [4.78, 5) is 13.7. The molecule has 80 valence electrons. The Balaban J connectivity index is 1.92. The number of β-amino-alcohol motifs (C(OH)–C–C–N with tert-alkyl or cyclic N) is 1. The smallest absolute Gasteiger partial charge is 0.228 e. The average molecular weight is 198 g/mol. The number of carbonyl (C=O) groups is 1.